The molecule has 226 valence electrons. The van der Waals surface area contributed by atoms with Gasteiger partial charge < -0.3 is 14.2 Å². The Morgan fingerprint density at radius 3 is 2.02 bits per heavy atom. The fraction of sp³-hybridized carbons (Fsp3) is 0.0233. The molecule has 0 saturated heterocycles. The molecule has 0 spiro atoms. The Kier molecular flexibility index (Phi) is 5.87. The average molecular weight is 618 g/mol. The first-order chi connectivity index (χ1) is 23.7. The summed E-state index contributed by atoms with van der Waals surface area (Å²) in [5.41, 5.74) is 8.34. The van der Waals surface area contributed by atoms with Crippen molar-refractivity contribution >= 4 is 66.3 Å². The molecule has 0 aliphatic carbocycles. The van der Waals surface area contributed by atoms with Crippen LogP contribution >= 0.6 is 0 Å². The lowest BCUT2D eigenvalue weighted by atomic mass is 9.97. The van der Waals surface area contributed by atoms with Crippen molar-refractivity contribution in [2.24, 2.45) is 9.98 Å². The Balaban J connectivity index is 1.21. The van der Waals surface area contributed by atoms with Crippen molar-refractivity contribution in [3.05, 3.63) is 168 Å². The molecule has 0 bridgehead atoms. The molecular formula is C43H27N3O2. The number of benzene rings is 7. The van der Waals surface area contributed by atoms with Crippen molar-refractivity contribution in [1.29, 1.82) is 0 Å². The molecular weight excluding hydrogens is 590 g/mol. The summed E-state index contributed by atoms with van der Waals surface area (Å²) in [7, 11) is 0. The lowest BCUT2D eigenvalue weighted by Crippen LogP contribution is -2.33. The summed E-state index contributed by atoms with van der Waals surface area (Å²) >= 11 is 0. The maximum absolute atomic E-state index is 6.51. The first-order valence-corrected chi connectivity index (χ1v) is 16.1. The zero-order valence-electron chi connectivity index (χ0n) is 25.7. The van der Waals surface area contributed by atoms with E-state index < -0.39 is 0 Å². The molecule has 1 aliphatic heterocycles. The van der Waals surface area contributed by atoms with Gasteiger partial charge in [0.1, 0.15) is 34.3 Å². The molecule has 1 unspecified atom stereocenters. The molecule has 5 nitrogen and oxygen atoms in total. The third-order valence-corrected chi connectivity index (χ3v) is 9.31. The fourth-order valence-electron chi connectivity index (χ4n) is 6.96. The van der Waals surface area contributed by atoms with Gasteiger partial charge in [0.05, 0.1) is 0 Å². The normalized spacial score (nSPS) is 14.9. The van der Waals surface area contributed by atoms with Crippen LogP contribution in [0.15, 0.2) is 170 Å². The van der Waals surface area contributed by atoms with Gasteiger partial charge in [0.25, 0.3) is 0 Å². The predicted octanol–water partition coefficient (Wildman–Crippen LogP) is 10.8. The third kappa shape index (κ3) is 4.32. The van der Waals surface area contributed by atoms with Crippen LogP contribution < -0.4 is 5.32 Å². The molecule has 2 aromatic heterocycles. The SMILES string of the molecule is c1ccc(C2N=C(c3cc(-c4ccc5c(c4)oc4ccccc45)cc4oc5ccccc5c34)N=C(c3ccc4ccccc4c3)N2)cc1. The summed E-state index contributed by atoms with van der Waals surface area (Å²) in [6.45, 7) is 0. The Labute approximate surface area is 275 Å². The maximum atomic E-state index is 6.51. The van der Waals surface area contributed by atoms with Crippen LogP contribution in [0, 0.1) is 0 Å². The van der Waals surface area contributed by atoms with Crippen molar-refractivity contribution in [3.63, 3.8) is 0 Å². The van der Waals surface area contributed by atoms with E-state index in [1.54, 1.807) is 0 Å². The van der Waals surface area contributed by atoms with E-state index in [9.17, 15) is 0 Å². The number of fused-ring (bicyclic) bond motifs is 7. The standard InChI is InChI=1S/C43H27N3O2/c1-2-11-27(12-3-1)41-44-42(30-19-18-26-10-4-5-13-28(26)22-30)46-43(45-41)35-23-31(25-39-40(35)34-15-7-9-17-37(34)48-39)29-20-21-33-32-14-6-8-16-36(32)47-38(33)24-29/h1-25,41H,(H,44,45,46). The highest BCUT2D eigenvalue weighted by Crippen LogP contribution is 2.38. The topological polar surface area (TPSA) is 63.0 Å². The molecule has 0 saturated carbocycles. The summed E-state index contributed by atoms with van der Waals surface area (Å²) in [5.74, 6) is 1.42. The minimum absolute atomic E-state index is 0.330. The Hall–Kier alpha value is -6.46. The van der Waals surface area contributed by atoms with E-state index in [0.717, 1.165) is 82.9 Å². The number of para-hydroxylation sites is 2. The van der Waals surface area contributed by atoms with E-state index >= 15 is 0 Å². The van der Waals surface area contributed by atoms with Gasteiger partial charge in [-0.1, -0.05) is 109 Å². The van der Waals surface area contributed by atoms with Gasteiger partial charge in [-0.15, -0.1) is 0 Å². The zero-order chi connectivity index (χ0) is 31.6. The number of amidine groups is 2. The monoisotopic (exact) mass is 617 g/mol. The number of nitrogens with one attached hydrogen (secondary N) is 1. The summed E-state index contributed by atoms with van der Waals surface area (Å²) in [5, 5.41) is 10.2. The largest absolute Gasteiger partial charge is 0.456 e. The molecule has 0 amide bonds. The van der Waals surface area contributed by atoms with Crippen LogP contribution in [0.25, 0.3) is 65.8 Å². The van der Waals surface area contributed by atoms with Gasteiger partial charge in [-0.05, 0) is 69.9 Å². The maximum Gasteiger partial charge on any atom is 0.160 e. The Morgan fingerprint density at radius 1 is 0.479 bits per heavy atom. The van der Waals surface area contributed by atoms with E-state index in [-0.39, 0.29) is 6.17 Å². The fourth-order valence-corrected chi connectivity index (χ4v) is 6.96. The van der Waals surface area contributed by atoms with E-state index in [0.29, 0.717) is 5.84 Å². The van der Waals surface area contributed by atoms with Gasteiger partial charge in [-0.25, -0.2) is 9.98 Å². The molecule has 5 heteroatoms. The summed E-state index contributed by atoms with van der Waals surface area (Å²) in [4.78, 5) is 10.5. The van der Waals surface area contributed by atoms with Crippen molar-refractivity contribution in [2.75, 3.05) is 0 Å². The van der Waals surface area contributed by atoms with Crippen molar-refractivity contribution in [2.45, 2.75) is 6.17 Å². The van der Waals surface area contributed by atoms with Crippen LogP contribution in [0.4, 0.5) is 0 Å². The molecule has 10 rings (SSSR count). The summed E-state index contributed by atoms with van der Waals surface area (Å²) in [6, 6.07) is 52.2. The van der Waals surface area contributed by atoms with E-state index in [2.05, 4.69) is 102 Å². The minimum Gasteiger partial charge on any atom is -0.456 e. The van der Waals surface area contributed by atoms with Gasteiger partial charge in [0, 0.05) is 32.7 Å². The molecule has 7 aromatic carbocycles. The molecule has 1 atom stereocenters. The predicted molar refractivity (Wildman–Crippen MR) is 196 cm³/mol. The van der Waals surface area contributed by atoms with Crippen LogP contribution in [0.2, 0.25) is 0 Å². The van der Waals surface area contributed by atoms with Crippen LogP contribution in [0.1, 0.15) is 22.9 Å². The quantitative estimate of drug-likeness (QED) is 0.214. The molecule has 9 aromatic rings. The van der Waals surface area contributed by atoms with E-state index in [4.69, 9.17) is 18.8 Å². The first-order valence-electron chi connectivity index (χ1n) is 16.1. The second kappa shape index (κ2) is 10.5. The van der Waals surface area contributed by atoms with Crippen molar-refractivity contribution in [3.8, 4) is 11.1 Å². The third-order valence-electron chi connectivity index (χ3n) is 9.31. The second-order valence-electron chi connectivity index (χ2n) is 12.2. The Bertz CT molecular complexity index is 2770. The highest BCUT2D eigenvalue weighted by Gasteiger charge is 2.25. The molecule has 0 radical (unpaired) electrons. The number of rotatable bonds is 4. The van der Waals surface area contributed by atoms with Crippen molar-refractivity contribution < 1.29 is 8.83 Å². The van der Waals surface area contributed by atoms with E-state index in [1.807, 2.05) is 54.6 Å². The molecule has 1 N–H and O–H groups in total. The van der Waals surface area contributed by atoms with Crippen LogP contribution in [-0.2, 0) is 0 Å². The Morgan fingerprint density at radius 2 is 1.15 bits per heavy atom. The molecule has 3 heterocycles. The summed E-state index contributed by atoms with van der Waals surface area (Å²) in [6.07, 6.45) is -0.330. The molecule has 48 heavy (non-hydrogen) atoms. The van der Waals surface area contributed by atoms with Gasteiger partial charge in [0.15, 0.2) is 5.84 Å². The van der Waals surface area contributed by atoms with Gasteiger partial charge in [0.2, 0.25) is 0 Å². The molecule has 1 aliphatic rings. The number of furan rings is 2. The first kappa shape index (κ1) is 26.7. The van der Waals surface area contributed by atoms with Crippen LogP contribution in [0.3, 0.4) is 0 Å². The summed E-state index contributed by atoms with van der Waals surface area (Å²) < 4.78 is 12.8. The highest BCUT2D eigenvalue weighted by atomic mass is 16.3. The van der Waals surface area contributed by atoms with Crippen LogP contribution in [0.5, 0.6) is 0 Å². The van der Waals surface area contributed by atoms with Gasteiger partial charge in [-0.2, -0.15) is 0 Å². The number of nitrogens with zero attached hydrogens (tertiary/aromatic N) is 2. The number of hydrogen-bond acceptors (Lipinski definition) is 5. The van der Waals surface area contributed by atoms with Gasteiger partial charge in [-0.3, -0.25) is 0 Å². The van der Waals surface area contributed by atoms with E-state index in [1.165, 1.54) is 5.39 Å². The average Bonchev–Trinajstić information content (AvgIpc) is 3.72. The zero-order valence-corrected chi connectivity index (χ0v) is 25.7. The second-order valence-corrected chi connectivity index (χ2v) is 12.2. The van der Waals surface area contributed by atoms with Gasteiger partial charge >= 0.3 is 0 Å². The minimum atomic E-state index is -0.330. The van der Waals surface area contributed by atoms with Crippen molar-refractivity contribution in [1.82, 2.24) is 5.32 Å². The highest BCUT2D eigenvalue weighted by molar-refractivity contribution is 6.23. The lowest BCUT2D eigenvalue weighted by molar-refractivity contribution is 0.668. The number of hydrogen-bond donors (Lipinski definition) is 1. The van der Waals surface area contributed by atoms with Crippen LogP contribution in [-0.4, -0.2) is 11.7 Å². The number of aliphatic imine (C=N–C) groups is 2. The molecule has 0 fully saturated rings. The smallest absolute Gasteiger partial charge is 0.160 e. The lowest BCUT2D eigenvalue weighted by Gasteiger charge is -2.24.